The summed E-state index contributed by atoms with van der Waals surface area (Å²) in [6.07, 6.45) is 0. The SMILES string of the molecule is CCS(=O)(=O)c1c(F)cc(Cl)cc1F. The van der Waals surface area contributed by atoms with Crippen LogP contribution >= 0.6 is 11.6 Å². The maximum absolute atomic E-state index is 13.1. The van der Waals surface area contributed by atoms with Crippen molar-refractivity contribution in [2.75, 3.05) is 5.75 Å². The molecule has 0 fully saturated rings. The first-order valence-electron chi connectivity index (χ1n) is 3.75. The molecule has 78 valence electrons. The maximum Gasteiger partial charge on any atom is 0.183 e. The molecule has 0 aliphatic rings. The molecule has 0 spiro atoms. The monoisotopic (exact) mass is 240 g/mol. The van der Waals surface area contributed by atoms with Crippen LogP contribution in [0.3, 0.4) is 0 Å². The average Bonchev–Trinajstić information content (AvgIpc) is 2.01. The Labute approximate surface area is 85.4 Å². The molecular weight excluding hydrogens is 234 g/mol. The molecule has 0 amide bonds. The van der Waals surface area contributed by atoms with Crippen molar-refractivity contribution in [2.45, 2.75) is 11.8 Å². The third-order valence-corrected chi connectivity index (χ3v) is 3.64. The fourth-order valence-corrected chi connectivity index (χ4v) is 2.16. The van der Waals surface area contributed by atoms with E-state index in [-0.39, 0.29) is 10.8 Å². The predicted molar refractivity (Wildman–Crippen MR) is 49.1 cm³/mol. The molecule has 1 aromatic rings. The first-order chi connectivity index (χ1) is 6.38. The zero-order valence-electron chi connectivity index (χ0n) is 7.22. The molecule has 0 heterocycles. The Morgan fingerprint density at radius 3 is 2.07 bits per heavy atom. The second-order valence-corrected chi connectivity index (χ2v) is 5.25. The van der Waals surface area contributed by atoms with Gasteiger partial charge < -0.3 is 0 Å². The topological polar surface area (TPSA) is 34.1 Å². The van der Waals surface area contributed by atoms with E-state index in [4.69, 9.17) is 11.6 Å². The van der Waals surface area contributed by atoms with E-state index in [2.05, 4.69) is 0 Å². The molecule has 0 aliphatic carbocycles. The van der Waals surface area contributed by atoms with Gasteiger partial charge in [-0.05, 0) is 12.1 Å². The van der Waals surface area contributed by atoms with Crippen LogP contribution in [0.4, 0.5) is 8.78 Å². The van der Waals surface area contributed by atoms with Crippen molar-refractivity contribution in [3.8, 4) is 0 Å². The highest BCUT2D eigenvalue weighted by molar-refractivity contribution is 7.91. The Morgan fingerprint density at radius 2 is 1.71 bits per heavy atom. The van der Waals surface area contributed by atoms with Crippen LogP contribution in [-0.4, -0.2) is 14.2 Å². The quantitative estimate of drug-likeness (QED) is 0.796. The van der Waals surface area contributed by atoms with Crippen LogP contribution in [0.5, 0.6) is 0 Å². The molecular formula is C8H7ClF2O2S. The van der Waals surface area contributed by atoms with Crippen molar-refractivity contribution in [1.29, 1.82) is 0 Å². The highest BCUT2D eigenvalue weighted by atomic mass is 35.5. The summed E-state index contributed by atoms with van der Waals surface area (Å²) in [5.74, 6) is -2.67. The van der Waals surface area contributed by atoms with Crippen molar-refractivity contribution in [3.05, 3.63) is 28.8 Å². The first-order valence-corrected chi connectivity index (χ1v) is 5.79. The minimum absolute atomic E-state index is 0.171. The molecule has 0 atom stereocenters. The summed E-state index contributed by atoms with van der Waals surface area (Å²) in [7, 11) is -3.88. The van der Waals surface area contributed by atoms with Crippen LogP contribution in [0.2, 0.25) is 5.02 Å². The van der Waals surface area contributed by atoms with Gasteiger partial charge in [-0.25, -0.2) is 17.2 Å². The predicted octanol–water partition coefficient (Wildman–Crippen LogP) is 2.41. The molecule has 0 bridgehead atoms. The van der Waals surface area contributed by atoms with Gasteiger partial charge in [0.2, 0.25) is 0 Å². The molecule has 0 aliphatic heterocycles. The van der Waals surface area contributed by atoms with Gasteiger partial charge in [-0.3, -0.25) is 0 Å². The maximum atomic E-state index is 13.1. The highest BCUT2D eigenvalue weighted by Gasteiger charge is 2.22. The lowest BCUT2D eigenvalue weighted by atomic mass is 10.3. The summed E-state index contributed by atoms with van der Waals surface area (Å²) >= 11 is 5.34. The molecule has 6 heteroatoms. The van der Waals surface area contributed by atoms with Crippen LogP contribution in [0, 0.1) is 11.6 Å². The van der Waals surface area contributed by atoms with E-state index >= 15 is 0 Å². The van der Waals surface area contributed by atoms with E-state index in [1.807, 2.05) is 0 Å². The van der Waals surface area contributed by atoms with Crippen molar-refractivity contribution in [3.63, 3.8) is 0 Å². The smallest absolute Gasteiger partial charge is 0.183 e. The third kappa shape index (κ3) is 2.04. The minimum atomic E-state index is -3.88. The number of halogens is 3. The molecule has 0 radical (unpaired) electrons. The molecule has 14 heavy (non-hydrogen) atoms. The lowest BCUT2D eigenvalue weighted by molar-refractivity contribution is 0.520. The van der Waals surface area contributed by atoms with E-state index < -0.39 is 26.4 Å². The second-order valence-electron chi connectivity index (χ2n) is 2.60. The van der Waals surface area contributed by atoms with Crippen LogP contribution < -0.4 is 0 Å². The van der Waals surface area contributed by atoms with Crippen molar-refractivity contribution in [1.82, 2.24) is 0 Å². The van der Waals surface area contributed by atoms with Crippen molar-refractivity contribution < 1.29 is 17.2 Å². The van der Waals surface area contributed by atoms with Gasteiger partial charge in [0.05, 0.1) is 5.75 Å². The summed E-state index contributed by atoms with van der Waals surface area (Å²) < 4.78 is 48.6. The summed E-state index contributed by atoms with van der Waals surface area (Å²) in [6.45, 7) is 1.31. The van der Waals surface area contributed by atoms with Gasteiger partial charge in [0, 0.05) is 5.02 Å². The fraction of sp³-hybridized carbons (Fsp3) is 0.250. The van der Waals surface area contributed by atoms with E-state index in [0.29, 0.717) is 0 Å². The minimum Gasteiger partial charge on any atom is -0.223 e. The molecule has 0 unspecified atom stereocenters. The van der Waals surface area contributed by atoms with Crippen LogP contribution in [0.1, 0.15) is 6.92 Å². The average molecular weight is 241 g/mol. The van der Waals surface area contributed by atoms with Gasteiger partial charge in [-0.1, -0.05) is 18.5 Å². The lowest BCUT2D eigenvalue weighted by Gasteiger charge is -2.04. The Balaban J connectivity index is 3.51. The van der Waals surface area contributed by atoms with Crippen molar-refractivity contribution in [2.24, 2.45) is 0 Å². The van der Waals surface area contributed by atoms with Crippen LogP contribution in [0.25, 0.3) is 0 Å². The van der Waals surface area contributed by atoms with Gasteiger partial charge in [-0.2, -0.15) is 0 Å². The summed E-state index contributed by atoms with van der Waals surface area (Å²) in [5.41, 5.74) is 0. The van der Waals surface area contributed by atoms with Crippen molar-refractivity contribution >= 4 is 21.4 Å². The molecule has 0 saturated carbocycles. The third-order valence-electron chi connectivity index (χ3n) is 1.65. The van der Waals surface area contributed by atoms with Gasteiger partial charge >= 0.3 is 0 Å². The van der Waals surface area contributed by atoms with Gasteiger partial charge in [0.1, 0.15) is 16.5 Å². The molecule has 1 rings (SSSR count). The zero-order chi connectivity index (χ0) is 10.9. The van der Waals surface area contributed by atoms with Gasteiger partial charge in [0.15, 0.2) is 9.84 Å². The molecule has 0 saturated heterocycles. The zero-order valence-corrected chi connectivity index (χ0v) is 8.79. The largest absolute Gasteiger partial charge is 0.223 e. The molecule has 0 aromatic heterocycles. The van der Waals surface area contributed by atoms with E-state index in [1.54, 1.807) is 0 Å². The first kappa shape index (κ1) is 11.4. The van der Waals surface area contributed by atoms with E-state index in [0.717, 1.165) is 12.1 Å². The fourth-order valence-electron chi connectivity index (χ4n) is 0.970. The van der Waals surface area contributed by atoms with E-state index in [9.17, 15) is 17.2 Å². The Hall–Kier alpha value is -0.680. The molecule has 2 nitrogen and oxygen atoms in total. The Kier molecular flexibility index (Phi) is 3.11. The summed E-state index contributed by atoms with van der Waals surface area (Å²) in [6, 6.07) is 1.54. The van der Waals surface area contributed by atoms with E-state index in [1.165, 1.54) is 6.92 Å². The summed E-state index contributed by atoms with van der Waals surface area (Å²) in [4.78, 5) is -0.913. The summed E-state index contributed by atoms with van der Waals surface area (Å²) in [5, 5.41) is -0.171. The van der Waals surface area contributed by atoms with Gasteiger partial charge in [-0.15, -0.1) is 0 Å². The molecule has 0 N–H and O–H groups in total. The number of rotatable bonds is 2. The number of benzene rings is 1. The molecule has 1 aromatic carbocycles. The van der Waals surface area contributed by atoms with Crippen LogP contribution in [0.15, 0.2) is 17.0 Å². The second kappa shape index (κ2) is 3.82. The number of sulfone groups is 1. The normalized spacial score (nSPS) is 11.7. The Bertz CT molecular complexity index is 433. The standard InChI is InChI=1S/C8H7ClF2O2S/c1-2-14(12,13)8-6(10)3-5(9)4-7(8)11/h3-4H,2H2,1H3. The van der Waals surface area contributed by atoms with Gasteiger partial charge in [0.25, 0.3) is 0 Å². The Morgan fingerprint density at radius 1 is 1.29 bits per heavy atom. The number of hydrogen-bond donors (Lipinski definition) is 0. The number of hydrogen-bond acceptors (Lipinski definition) is 2. The highest BCUT2D eigenvalue weighted by Crippen LogP contribution is 2.23. The van der Waals surface area contributed by atoms with Crippen LogP contribution in [-0.2, 0) is 9.84 Å². The lowest BCUT2D eigenvalue weighted by Crippen LogP contribution is -2.09.